The molecule has 0 unspecified atom stereocenters. The topological polar surface area (TPSA) is 74.6 Å². The number of carbonyl (C=O) groups excluding carboxylic acids is 1. The lowest BCUT2D eigenvalue weighted by atomic mass is 9.98. The monoisotopic (exact) mass is 613 g/mol. The molecule has 0 fully saturated rings. The Hall–Kier alpha value is -4.01. The highest BCUT2D eigenvalue weighted by Gasteiger charge is 2.09. The number of imidazole rings is 1. The van der Waals surface area contributed by atoms with Gasteiger partial charge in [-0.25, -0.2) is 4.98 Å². The van der Waals surface area contributed by atoms with E-state index in [0.717, 1.165) is 76.8 Å². The number of nitrogens with zero attached hydrogens (tertiary/aromatic N) is 2. The van der Waals surface area contributed by atoms with Crippen molar-refractivity contribution < 1.29 is 19.0 Å². The van der Waals surface area contributed by atoms with Crippen molar-refractivity contribution in [3.05, 3.63) is 96.1 Å². The molecule has 4 rings (SSSR count). The van der Waals surface area contributed by atoms with Crippen LogP contribution in [0.2, 0.25) is 0 Å². The molecule has 0 saturated heterocycles. The highest BCUT2D eigenvalue weighted by atomic mass is 32.2. The van der Waals surface area contributed by atoms with Crippen LogP contribution in [0.15, 0.2) is 84.2 Å². The third kappa shape index (κ3) is 9.76. The molecule has 7 nitrogen and oxygen atoms in total. The van der Waals surface area contributed by atoms with Crippen LogP contribution in [-0.4, -0.2) is 42.4 Å². The SMILES string of the molecule is CCCCOCCOc1ccc(-c2ccc(OC)c(/C=C/C(=O)Nc3ccc(SCc4cncn4CCC)cc3)c2)c(C)c1. The van der Waals surface area contributed by atoms with Crippen molar-refractivity contribution in [1.29, 1.82) is 0 Å². The Morgan fingerprint density at radius 2 is 1.84 bits per heavy atom. The van der Waals surface area contributed by atoms with Crippen LogP contribution < -0.4 is 14.8 Å². The fourth-order valence-electron chi connectivity index (χ4n) is 4.70. The largest absolute Gasteiger partial charge is 0.496 e. The number of carbonyl (C=O) groups is 1. The molecule has 0 spiro atoms. The first-order valence-electron chi connectivity index (χ1n) is 15.2. The van der Waals surface area contributed by atoms with Crippen LogP contribution in [0.25, 0.3) is 17.2 Å². The number of amides is 1. The lowest BCUT2D eigenvalue weighted by molar-refractivity contribution is -0.111. The molecular formula is C36H43N3O4S. The van der Waals surface area contributed by atoms with Crippen LogP contribution in [0.4, 0.5) is 5.69 Å². The number of rotatable bonds is 17. The maximum atomic E-state index is 12.8. The summed E-state index contributed by atoms with van der Waals surface area (Å²) in [5.41, 5.74) is 5.98. The fraction of sp³-hybridized carbons (Fsp3) is 0.333. The van der Waals surface area contributed by atoms with Crippen molar-refractivity contribution in [3.8, 4) is 22.6 Å². The minimum Gasteiger partial charge on any atom is -0.496 e. The van der Waals surface area contributed by atoms with E-state index in [1.54, 1.807) is 24.9 Å². The minimum atomic E-state index is -0.210. The third-order valence-electron chi connectivity index (χ3n) is 7.06. The number of anilines is 1. The van der Waals surface area contributed by atoms with Crippen LogP contribution >= 0.6 is 11.8 Å². The second-order valence-corrected chi connectivity index (χ2v) is 11.5. The van der Waals surface area contributed by atoms with Crippen molar-refractivity contribution in [2.24, 2.45) is 0 Å². The van der Waals surface area contributed by atoms with Crippen LogP contribution in [-0.2, 0) is 21.8 Å². The number of unbranched alkanes of at least 4 members (excludes halogenated alkanes) is 1. The van der Waals surface area contributed by atoms with Gasteiger partial charge in [-0.15, -0.1) is 11.8 Å². The summed E-state index contributed by atoms with van der Waals surface area (Å²) in [6.45, 7) is 9.24. The maximum absolute atomic E-state index is 12.8. The first-order valence-corrected chi connectivity index (χ1v) is 16.2. The molecule has 0 atom stereocenters. The molecular weight excluding hydrogens is 570 g/mol. The van der Waals surface area contributed by atoms with Crippen molar-refractivity contribution in [2.45, 2.75) is 57.2 Å². The van der Waals surface area contributed by atoms with Gasteiger partial charge in [-0.05, 0) is 91.1 Å². The number of hydrogen-bond donors (Lipinski definition) is 1. The van der Waals surface area contributed by atoms with Gasteiger partial charge in [0.25, 0.3) is 0 Å². The summed E-state index contributed by atoms with van der Waals surface area (Å²) in [4.78, 5) is 18.2. The maximum Gasteiger partial charge on any atom is 0.248 e. The van der Waals surface area contributed by atoms with Gasteiger partial charge in [0, 0.05) is 53.0 Å². The van der Waals surface area contributed by atoms with Crippen molar-refractivity contribution >= 4 is 29.4 Å². The van der Waals surface area contributed by atoms with Gasteiger partial charge in [0.2, 0.25) is 5.91 Å². The highest BCUT2D eigenvalue weighted by molar-refractivity contribution is 7.98. The summed E-state index contributed by atoms with van der Waals surface area (Å²) in [5.74, 6) is 2.15. The Labute approximate surface area is 265 Å². The van der Waals surface area contributed by atoms with Gasteiger partial charge < -0.3 is 24.1 Å². The quantitative estimate of drug-likeness (QED) is 0.0732. The molecule has 3 aromatic carbocycles. The van der Waals surface area contributed by atoms with Gasteiger partial charge in [0.05, 0.1) is 20.0 Å². The van der Waals surface area contributed by atoms with Crippen LogP contribution in [0.3, 0.4) is 0 Å². The molecule has 0 aliphatic heterocycles. The predicted molar refractivity (Wildman–Crippen MR) is 181 cm³/mol. The predicted octanol–water partition coefficient (Wildman–Crippen LogP) is 8.42. The number of hydrogen-bond acceptors (Lipinski definition) is 6. The number of benzene rings is 3. The minimum absolute atomic E-state index is 0.210. The number of ether oxygens (including phenoxy) is 3. The van der Waals surface area contributed by atoms with E-state index < -0.39 is 0 Å². The Bertz CT molecular complexity index is 1510. The smallest absolute Gasteiger partial charge is 0.248 e. The normalized spacial score (nSPS) is 11.2. The van der Waals surface area contributed by atoms with E-state index in [-0.39, 0.29) is 5.91 Å². The zero-order valence-corrected chi connectivity index (χ0v) is 27.0. The van der Waals surface area contributed by atoms with Crippen LogP contribution in [0.1, 0.15) is 49.9 Å². The summed E-state index contributed by atoms with van der Waals surface area (Å²) in [5, 5.41) is 2.95. The summed E-state index contributed by atoms with van der Waals surface area (Å²) >= 11 is 1.75. The first-order chi connectivity index (χ1) is 21.5. The van der Waals surface area contributed by atoms with Gasteiger partial charge in [-0.3, -0.25) is 4.79 Å². The van der Waals surface area contributed by atoms with Crippen LogP contribution in [0.5, 0.6) is 11.5 Å². The summed E-state index contributed by atoms with van der Waals surface area (Å²) in [7, 11) is 1.63. The van der Waals surface area contributed by atoms with E-state index in [2.05, 4.69) is 41.7 Å². The van der Waals surface area contributed by atoms with E-state index in [1.165, 1.54) is 11.8 Å². The van der Waals surface area contributed by atoms with Gasteiger partial charge in [-0.2, -0.15) is 0 Å². The first kappa shape index (κ1) is 32.9. The number of methoxy groups -OCH3 is 1. The Morgan fingerprint density at radius 3 is 2.59 bits per heavy atom. The lowest BCUT2D eigenvalue weighted by Gasteiger charge is -2.13. The van der Waals surface area contributed by atoms with E-state index in [1.807, 2.05) is 67.1 Å². The van der Waals surface area contributed by atoms with Crippen LogP contribution in [0, 0.1) is 6.92 Å². The third-order valence-corrected chi connectivity index (χ3v) is 8.11. The Morgan fingerprint density at radius 1 is 1.00 bits per heavy atom. The molecule has 1 heterocycles. The second kappa shape index (κ2) is 17.3. The summed E-state index contributed by atoms with van der Waals surface area (Å²) in [6.07, 6.45) is 10.4. The average Bonchev–Trinajstić information content (AvgIpc) is 3.48. The average molecular weight is 614 g/mol. The molecule has 1 N–H and O–H groups in total. The molecule has 0 radical (unpaired) electrons. The molecule has 0 aliphatic carbocycles. The summed E-state index contributed by atoms with van der Waals surface area (Å²) in [6, 6.07) is 20.0. The Kier molecular flexibility index (Phi) is 13.0. The fourth-order valence-corrected chi connectivity index (χ4v) is 5.58. The van der Waals surface area contributed by atoms with E-state index in [9.17, 15) is 4.79 Å². The second-order valence-electron chi connectivity index (χ2n) is 10.5. The van der Waals surface area contributed by atoms with E-state index >= 15 is 0 Å². The molecule has 8 heteroatoms. The zero-order valence-electron chi connectivity index (χ0n) is 26.2. The molecule has 1 amide bonds. The lowest BCUT2D eigenvalue weighted by Crippen LogP contribution is -2.07. The number of nitrogens with one attached hydrogen (secondary N) is 1. The molecule has 44 heavy (non-hydrogen) atoms. The highest BCUT2D eigenvalue weighted by Crippen LogP contribution is 2.31. The van der Waals surface area contributed by atoms with Crippen molar-refractivity contribution in [3.63, 3.8) is 0 Å². The number of aryl methyl sites for hydroxylation is 2. The molecule has 0 saturated carbocycles. The Balaban J connectivity index is 1.34. The number of aromatic nitrogens is 2. The van der Waals surface area contributed by atoms with E-state index in [4.69, 9.17) is 14.2 Å². The molecule has 0 aliphatic rings. The zero-order chi connectivity index (χ0) is 31.1. The van der Waals surface area contributed by atoms with E-state index in [0.29, 0.717) is 19.0 Å². The number of thioether (sulfide) groups is 1. The van der Waals surface area contributed by atoms with Crippen molar-refractivity contribution in [2.75, 3.05) is 32.2 Å². The van der Waals surface area contributed by atoms with Gasteiger partial charge in [0.1, 0.15) is 18.1 Å². The molecule has 4 aromatic rings. The standard InChI is InChI=1S/C36H43N3O4S/c1-5-7-19-42-20-21-43-32-12-15-34(27(3)22-32)28-8-16-35(41-4)29(23-28)9-17-36(40)38-30-10-13-33(14-11-30)44-25-31-24-37-26-39(31)18-6-2/h8-17,22-24,26H,5-7,18-21,25H2,1-4H3,(H,38,40)/b17-9+. The molecule has 0 bridgehead atoms. The van der Waals surface area contributed by atoms with Gasteiger partial charge in [-0.1, -0.05) is 32.4 Å². The molecule has 232 valence electrons. The van der Waals surface area contributed by atoms with Gasteiger partial charge >= 0.3 is 0 Å². The van der Waals surface area contributed by atoms with Crippen molar-refractivity contribution in [1.82, 2.24) is 9.55 Å². The molecule has 1 aromatic heterocycles. The van der Waals surface area contributed by atoms with Gasteiger partial charge in [0.15, 0.2) is 0 Å². The summed E-state index contributed by atoms with van der Waals surface area (Å²) < 4.78 is 19.2.